The van der Waals surface area contributed by atoms with Gasteiger partial charge in [0.2, 0.25) is 0 Å². The van der Waals surface area contributed by atoms with Crippen molar-refractivity contribution in [2.24, 2.45) is 0 Å². The van der Waals surface area contributed by atoms with E-state index in [1.54, 1.807) is 24.0 Å². The smallest absolute Gasteiger partial charge is 0.337 e. The summed E-state index contributed by atoms with van der Waals surface area (Å²) in [6.07, 6.45) is 2.08. The van der Waals surface area contributed by atoms with Gasteiger partial charge in [0.15, 0.2) is 5.76 Å². The van der Waals surface area contributed by atoms with Crippen LogP contribution in [0.25, 0.3) is 0 Å². The molecule has 0 aliphatic carbocycles. The summed E-state index contributed by atoms with van der Waals surface area (Å²) in [7, 11) is 0. The van der Waals surface area contributed by atoms with E-state index in [0.717, 1.165) is 0 Å². The first-order valence-electron chi connectivity index (χ1n) is 9.56. The zero-order valence-corrected chi connectivity index (χ0v) is 16.2. The van der Waals surface area contributed by atoms with E-state index >= 15 is 0 Å². The molecule has 0 aromatic carbocycles. The van der Waals surface area contributed by atoms with Gasteiger partial charge in [0.1, 0.15) is 0 Å². The molecule has 1 atom stereocenters. The highest BCUT2D eigenvalue weighted by Gasteiger charge is 2.33. The van der Waals surface area contributed by atoms with Gasteiger partial charge >= 0.3 is 12.0 Å². The van der Waals surface area contributed by atoms with E-state index in [-0.39, 0.29) is 24.6 Å². The Bertz CT molecular complexity index is 750. The van der Waals surface area contributed by atoms with Crippen LogP contribution in [0, 0.1) is 0 Å². The number of nitrogens with one attached hydrogen (secondary N) is 2. The van der Waals surface area contributed by atoms with Gasteiger partial charge in [0.25, 0.3) is 5.91 Å². The van der Waals surface area contributed by atoms with Crippen molar-refractivity contribution in [1.29, 1.82) is 0 Å². The number of nitrogens with zero attached hydrogens (tertiary/aromatic N) is 2. The minimum absolute atomic E-state index is 0.128. The molecule has 1 aromatic heterocycles. The third kappa shape index (κ3) is 4.36. The average molecular weight is 390 g/mol. The van der Waals surface area contributed by atoms with E-state index in [4.69, 9.17) is 9.15 Å². The third-order valence-corrected chi connectivity index (χ3v) is 4.92. The molecule has 1 fully saturated rings. The fourth-order valence-corrected chi connectivity index (χ4v) is 3.48. The van der Waals surface area contributed by atoms with Crippen LogP contribution in [0.1, 0.15) is 30.8 Å². The molecule has 2 aliphatic heterocycles. The van der Waals surface area contributed by atoms with Crippen molar-refractivity contribution in [3.8, 4) is 0 Å². The Morgan fingerprint density at radius 3 is 2.61 bits per heavy atom. The fourth-order valence-electron chi connectivity index (χ4n) is 3.48. The van der Waals surface area contributed by atoms with Crippen molar-refractivity contribution >= 4 is 17.9 Å². The zero-order valence-electron chi connectivity index (χ0n) is 16.2. The Kier molecular flexibility index (Phi) is 6.35. The Morgan fingerprint density at radius 2 is 2.00 bits per heavy atom. The van der Waals surface area contributed by atoms with E-state index in [1.165, 1.54) is 6.26 Å². The van der Waals surface area contributed by atoms with Crippen molar-refractivity contribution in [2.45, 2.75) is 26.3 Å². The van der Waals surface area contributed by atoms with Crippen LogP contribution in [0.4, 0.5) is 4.79 Å². The number of hydrogen-bond donors (Lipinski definition) is 2. The minimum atomic E-state index is -0.413. The molecule has 2 N–H and O–H groups in total. The average Bonchev–Trinajstić information content (AvgIpc) is 3.22. The fraction of sp³-hybridized carbons (Fsp3) is 0.526. The van der Waals surface area contributed by atoms with Gasteiger partial charge in [-0.15, -0.1) is 0 Å². The lowest BCUT2D eigenvalue weighted by Crippen LogP contribution is -2.54. The van der Waals surface area contributed by atoms with Gasteiger partial charge in [-0.1, -0.05) is 6.92 Å². The number of urea groups is 1. The first-order valence-corrected chi connectivity index (χ1v) is 9.56. The standard InChI is InChI=1S/C19H26N4O5/c1-3-13-16(18(25)27-4-2)14(21-19(26)20-13)12-22-7-9-23(10-8-22)17(24)15-6-5-11-28-15/h5-6,11,13H,3-4,7-10,12H2,1-2H3,(H2,20,21,26)/t13-/m1/s1. The van der Waals surface area contributed by atoms with E-state index in [2.05, 4.69) is 15.5 Å². The molecule has 28 heavy (non-hydrogen) atoms. The Hall–Kier alpha value is -2.81. The quantitative estimate of drug-likeness (QED) is 0.701. The van der Waals surface area contributed by atoms with Gasteiger partial charge in [-0.3, -0.25) is 9.69 Å². The lowest BCUT2D eigenvalue weighted by atomic mass is 10.00. The van der Waals surface area contributed by atoms with Crippen molar-refractivity contribution < 1.29 is 23.5 Å². The highest BCUT2D eigenvalue weighted by molar-refractivity contribution is 5.95. The summed E-state index contributed by atoms with van der Waals surface area (Å²) in [4.78, 5) is 40.7. The molecular formula is C19H26N4O5. The number of carbonyl (C=O) groups excluding carboxylic acids is 3. The third-order valence-electron chi connectivity index (χ3n) is 4.92. The van der Waals surface area contributed by atoms with Crippen LogP contribution in [-0.2, 0) is 9.53 Å². The highest BCUT2D eigenvalue weighted by Crippen LogP contribution is 2.19. The number of furan rings is 1. The molecule has 1 aromatic rings. The molecule has 152 valence electrons. The monoisotopic (exact) mass is 390 g/mol. The van der Waals surface area contributed by atoms with Gasteiger partial charge in [-0.05, 0) is 25.5 Å². The summed E-state index contributed by atoms with van der Waals surface area (Å²) in [6, 6.07) is 2.66. The summed E-state index contributed by atoms with van der Waals surface area (Å²) >= 11 is 0. The second kappa shape index (κ2) is 8.92. The van der Waals surface area contributed by atoms with E-state index < -0.39 is 5.97 Å². The van der Waals surface area contributed by atoms with Gasteiger partial charge in [-0.2, -0.15) is 0 Å². The molecule has 2 aliphatic rings. The molecule has 3 heterocycles. The largest absolute Gasteiger partial charge is 0.463 e. The van der Waals surface area contributed by atoms with Crippen LogP contribution >= 0.6 is 0 Å². The zero-order chi connectivity index (χ0) is 20.1. The summed E-state index contributed by atoms with van der Waals surface area (Å²) in [5, 5.41) is 5.53. The van der Waals surface area contributed by atoms with Crippen molar-refractivity contribution in [3.63, 3.8) is 0 Å². The van der Waals surface area contributed by atoms with Gasteiger partial charge < -0.3 is 24.7 Å². The van der Waals surface area contributed by atoms with Crippen molar-refractivity contribution in [3.05, 3.63) is 35.4 Å². The van der Waals surface area contributed by atoms with E-state index in [0.29, 0.717) is 56.2 Å². The lowest BCUT2D eigenvalue weighted by Gasteiger charge is -2.36. The molecule has 0 spiro atoms. The molecule has 0 unspecified atom stereocenters. The number of ether oxygens (including phenoxy) is 1. The number of amides is 3. The van der Waals surface area contributed by atoms with Gasteiger partial charge in [0, 0.05) is 38.4 Å². The first-order chi connectivity index (χ1) is 13.5. The molecular weight excluding hydrogens is 364 g/mol. The maximum Gasteiger partial charge on any atom is 0.337 e. The van der Waals surface area contributed by atoms with Crippen LogP contribution in [0.15, 0.2) is 34.1 Å². The van der Waals surface area contributed by atoms with Crippen LogP contribution < -0.4 is 10.6 Å². The van der Waals surface area contributed by atoms with E-state index in [1.807, 2.05) is 6.92 Å². The SMILES string of the molecule is CCOC(=O)C1=C(CN2CCN(C(=O)c3ccco3)CC2)NC(=O)N[C@@H]1CC. The Balaban J connectivity index is 1.68. The second-order valence-electron chi connectivity index (χ2n) is 6.72. The summed E-state index contributed by atoms with van der Waals surface area (Å²) in [6.45, 7) is 6.71. The van der Waals surface area contributed by atoms with Crippen molar-refractivity contribution in [2.75, 3.05) is 39.3 Å². The molecule has 9 heteroatoms. The number of hydrogen-bond acceptors (Lipinski definition) is 6. The van der Waals surface area contributed by atoms with Gasteiger partial charge in [-0.25, -0.2) is 9.59 Å². The maximum absolute atomic E-state index is 12.4. The predicted octanol–water partition coefficient (Wildman–Crippen LogP) is 0.946. The first kappa shape index (κ1) is 19.9. The van der Waals surface area contributed by atoms with Gasteiger partial charge in [0.05, 0.1) is 24.5 Å². The number of carbonyl (C=O) groups is 3. The van der Waals surface area contributed by atoms with Crippen LogP contribution in [-0.4, -0.2) is 73.1 Å². The van der Waals surface area contributed by atoms with Crippen LogP contribution in [0.3, 0.4) is 0 Å². The number of esters is 1. The molecule has 0 bridgehead atoms. The minimum Gasteiger partial charge on any atom is -0.463 e. The highest BCUT2D eigenvalue weighted by atomic mass is 16.5. The van der Waals surface area contributed by atoms with Crippen LogP contribution in [0.5, 0.6) is 0 Å². The van der Waals surface area contributed by atoms with E-state index in [9.17, 15) is 14.4 Å². The predicted molar refractivity (Wildman–Crippen MR) is 100 cm³/mol. The number of rotatable bonds is 6. The Labute approximate surface area is 163 Å². The molecule has 1 saturated heterocycles. The maximum atomic E-state index is 12.4. The molecule has 9 nitrogen and oxygen atoms in total. The second-order valence-corrected chi connectivity index (χ2v) is 6.72. The summed E-state index contributed by atoms with van der Waals surface area (Å²) in [5.41, 5.74) is 1.04. The summed E-state index contributed by atoms with van der Waals surface area (Å²) < 4.78 is 10.4. The summed E-state index contributed by atoms with van der Waals surface area (Å²) in [5.74, 6) is -0.210. The lowest BCUT2D eigenvalue weighted by molar-refractivity contribution is -0.139. The number of piperazine rings is 1. The molecule has 3 amide bonds. The van der Waals surface area contributed by atoms with Crippen molar-refractivity contribution in [1.82, 2.24) is 20.4 Å². The Morgan fingerprint density at radius 1 is 1.25 bits per heavy atom. The molecule has 0 saturated carbocycles. The van der Waals surface area contributed by atoms with Crippen LogP contribution in [0.2, 0.25) is 0 Å². The molecule has 0 radical (unpaired) electrons. The topological polar surface area (TPSA) is 104 Å². The molecule has 3 rings (SSSR count). The normalized spacial score (nSPS) is 20.6.